The van der Waals surface area contributed by atoms with Crippen molar-refractivity contribution in [2.75, 3.05) is 26.5 Å². The second-order valence-electron chi connectivity index (χ2n) is 7.13. The molecule has 0 radical (unpaired) electrons. The topological polar surface area (TPSA) is 88.5 Å². The van der Waals surface area contributed by atoms with E-state index in [1.165, 1.54) is 12.1 Å². The van der Waals surface area contributed by atoms with Crippen LogP contribution in [0.2, 0.25) is 5.02 Å². The van der Waals surface area contributed by atoms with Crippen LogP contribution in [-0.2, 0) is 9.59 Å². The van der Waals surface area contributed by atoms with E-state index < -0.39 is 17.2 Å². The van der Waals surface area contributed by atoms with Crippen molar-refractivity contribution >= 4 is 46.1 Å². The van der Waals surface area contributed by atoms with Crippen LogP contribution in [-0.4, -0.2) is 59.2 Å². The summed E-state index contributed by atoms with van der Waals surface area (Å²) in [6, 6.07) is 12.2. The van der Waals surface area contributed by atoms with Crippen LogP contribution in [0.4, 0.5) is 4.79 Å². The van der Waals surface area contributed by atoms with Crippen LogP contribution in [0.25, 0.3) is 0 Å². The van der Waals surface area contributed by atoms with Gasteiger partial charge in [-0.2, -0.15) is 5.10 Å². The first-order valence-electron chi connectivity index (χ1n) is 9.76. The Morgan fingerprint density at radius 2 is 1.91 bits per heavy atom. The average Bonchev–Trinajstić information content (AvgIpc) is 3.38. The van der Waals surface area contributed by atoms with Gasteiger partial charge in [0.25, 0.3) is 11.1 Å². The molecule has 1 saturated heterocycles. The number of hydrazone groups is 1. The van der Waals surface area contributed by atoms with Crippen molar-refractivity contribution in [2.24, 2.45) is 5.10 Å². The van der Waals surface area contributed by atoms with Crippen molar-refractivity contribution in [3.8, 4) is 11.5 Å². The van der Waals surface area contributed by atoms with Crippen molar-refractivity contribution in [1.82, 2.24) is 9.91 Å². The summed E-state index contributed by atoms with van der Waals surface area (Å²) in [5, 5.41) is 5.97. The molecule has 0 aromatic heterocycles. The number of carbonyl (C=O) groups excluding carboxylic acids is 3. The van der Waals surface area contributed by atoms with Crippen molar-refractivity contribution in [3.05, 3.63) is 58.6 Å². The van der Waals surface area contributed by atoms with E-state index in [0.29, 0.717) is 28.7 Å². The Morgan fingerprint density at radius 1 is 1.16 bits per heavy atom. The number of hydrogen-bond donors (Lipinski definition) is 0. The normalized spacial score (nSPS) is 18.2. The molecule has 166 valence electrons. The maximum Gasteiger partial charge on any atom is 0.289 e. The first-order chi connectivity index (χ1) is 15.4. The van der Waals surface area contributed by atoms with Gasteiger partial charge < -0.3 is 9.47 Å². The van der Waals surface area contributed by atoms with Crippen molar-refractivity contribution in [3.63, 3.8) is 0 Å². The van der Waals surface area contributed by atoms with Crippen molar-refractivity contribution in [2.45, 2.75) is 12.5 Å². The fraction of sp³-hybridized carbons (Fsp3) is 0.273. The van der Waals surface area contributed by atoms with Gasteiger partial charge in [0, 0.05) is 17.0 Å². The van der Waals surface area contributed by atoms with Crippen molar-refractivity contribution < 1.29 is 23.9 Å². The number of methoxy groups -OCH3 is 2. The molecule has 0 bridgehead atoms. The Kier molecular flexibility index (Phi) is 6.38. The number of nitrogens with zero attached hydrogens (tertiary/aromatic N) is 3. The Balaban J connectivity index is 1.69. The zero-order valence-corrected chi connectivity index (χ0v) is 19.0. The summed E-state index contributed by atoms with van der Waals surface area (Å²) in [5.41, 5.74) is 2.13. The van der Waals surface area contributed by atoms with Crippen LogP contribution in [0.3, 0.4) is 0 Å². The minimum Gasteiger partial charge on any atom is -0.493 e. The monoisotopic (exact) mass is 473 g/mol. The number of halogens is 1. The maximum atomic E-state index is 13.2. The molecular weight excluding hydrogens is 454 g/mol. The fourth-order valence-electron chi connectivity index (χ4n) is 3.66. The molecule has 0 N–H and O–H groups in total. The predicted octanol–water partition coefficient (Wildman–Crippen LogP) is 3.73. The number of benzene rings is 2. The molecule has 0 aliphatic carbocycles. The third-order valence-corrected chi connectivity index (χ3v) is 6.47. The van der Waals surface area contributed by atoms with E-state index in [2.05, 4.69) is 5.10 Å². The molecule has 1 unspecified atom stereocenters. The number of rotatable bonds is 6. The highest BCUT2D eigenvalue weighted by Crippen LogP contribution is 2.38. The van der Waals surface area contributed by atoms with E-state index >= 15 is 0 Å². The van der Waals surface area contributed by atoms with Crippen LogP contribution >= 0.6 is 23.4 Å². The van der Waals surface area contributed by atoms with E-state index in [4.69, 9.17) is 21.1 Å². The number of carbonyl (C=O) groups is 3. The van der Waals surface area contributed by atoms with Gasteiger partial charge in [-0.25, -0.2) is 5.01 Å². The minimum absolute atomic E-state index is 0.0410. The molecule has 8 nitrogen and oxygen atoms in total. The van der Waals surface area contributed by atoms with E-state index in [0.717, 1.165) is 27.8 Å². The summed E-state index contributed by atoms with van der Waals surface area (Å²) in [6.07, 6.45) is 0.404. The fourth-order valence-corrected chi connectivity index (χ4v) is 4.63. The minimum atomic E-state index is -0.464. The molecule has 4 rings (SSSR count). The Morgan fingerprint density at radius 3 is 2.56 bits per heavy atom. The average molecular weight is 474 g/mol. The van der Waals surface area contributed by atoms with Gasteiger partial charge in [0.1, 0.15) is 6.54 Å². The number of thioether (sulfide) groups is 1. The van der Waals surface area contributed by atoms with E-state index in [-0.39, 0.29) is 18.2 Å². The van der Waals surface area contributed by atoms with E-state index in [1.54, 1.807) is 25.3 Å². The molecular formula is C22H20ClN3O5S. The first kappa shape index (κ1) is 22.2. The van der Waals surface area contributed by atoms with Crippen LogP contribution in [0.1, 0.15) is 23.6 Å². The second-order valence-corrected chi connectivity index (χ2v) is 8.47. The largest absolute Gasteiger partial charge is 0.493 e. The molecule has 2 heterocycles. The molecule has 1 fully saturated rings. The quantitative estimate of drug-likeness (QED) is 0.635. The zero-order valence-electron chi connectivity index (χ0n) is 17.4. The van der Waals surface area contributed by atoms with Crippen LogP contribution < -0.4 is 9.47 Å². The number of hydrogen-bond acceptors (Lipinski definition) is 7. The lowest BCUT2D eigenvalue weighted by Crippen LogP contribution is -2.40. The van der Waals surface area contributed by atoms with Gasteiger partial charge in [0.2, 0.25) is 5.91 Å². The lowest BCUT2D eigenvalue weighted by molar-refractivity contribution is -0.137. The van der Waals surface area contributed by atoms with E-state index in [9.17, 15) is 14.4 Å². The molecule has 3 amide bonds. The molecule has 32 heavy (non-hydrogen) atoms. The van der Waals surface area contributed by atoms with E-state index in [1.807, 2.05) is 24.3 Å². The Bertz CT molecular complexity index is 1110. The number of imide groups is 1. The van der Waals surface area contributed by atoms with Gasteiger partial charge in [0.15, 0.2) is 11.5 Å². The molecule has 2 aromatic carbocycles. The summed E-state index contributed by atoms with van der Waals surface area (Å²) in [7, 11) is 3.08. The van der Waals surface area contributed by atoms with Crippen LogP contribution in [0, 0.1) is 0 Å². The second kappa shape index (κ2) is 9.22. The van der Waals surface area contributed by atoms with Gasteiger partial charge in [0.05, 0.1) is 31.7 Å². The van der Waals surface area contributed by atoms with Gasteiger partial charge in [-0.1, -0.05) is 47.6 Å². The van der Waals surface area contributed by atoms with Gasteiger partial charge >= 0.3 is 0 Å². The molecule has 2 aliphatic rings. The lowest BCUT2D eigenvalue weighted by atomic mass is 9.98. The zero-order chi connectivity index (χ0) is 22.8. The highest BCUT2D eigenvalue weighted by Gasteiger charge is 2.38. The molecule has 0 spiro atoms. The SMILES string of the molecule is COc1ccc(C2CC(c3ccccc3Cl)=NN2C(=O)CN2C(=O)CSC2=O)cc1OC. The third kappa shape index (κ3) is 4.18. The van der Waals surface area contributed by atoms with Gasteiger partial charge in [-0.05, 0) is 23.8 Å². The standard InChI is InChI=1S/C22H20ClN3O5S/c1-30-18-8-7-13(9-19(18)31-2)17-10-16(14-5-3-4-6-15(14)23)24-26(17)20(27)11-25-21(28)12-32-22(25)29/h3-9,17H,10-12H2,1-2H3. The Labute approximate surface area is 194 Å². The van der Waals surface area contributed by atoms with Crippen molar-refractivity contribution in [1.29, 1.82) is 0 Å². The maximum absolute atomic E-state index is 13.2. The summed E-state index contributed by atoms with van der Waals surface area (Å²) < 4.78 is 10.7. The molecule has 2 aromatic rings. The summed E-state index contributed by atoms with van der Waals surface area (Å²) in [4.78, 5) is 38.1. The molecule has 1 atom stereocenters. The Hall–Kier alpha value is -3.04. The highest BCUT2D eigenvalue weighted by molar-refractivity contribution is 8.14. The van der Waals surface area contributed by atoms with Crippen LogP contribution in [0.5, 0.6) is 11.5 Å². The van der Waals surface area contributed by atoms with Gasteiger partial charge in [-0.3, -0.25) is 19.3 Å². The molecule has 2 aliphatic heterocycles. The summed E-state index contributed by atoms with van der Waals surface area (Å²) >= 11 is 7.25. The highest BCUT2D eigenvalue weighted by atomic mass is 35.5. The van der Waals surface area contributed by atoms with Gasteiger partial charge in [-0.15, -0.1) is 0 Å². The van der Waals surface area contributed by atoms with Crippen LogP contribution in [0.15, 0.2) is 47.6 Å². The number of amides is 3. The predicted molar refractivity (Wildman–Crippen MR) is 121 cm³/mol. The summed E-state index contributed by atoms with van der Waals surface area (Å²) in [5.74, 6) is 0.274. The smallest absolute Gasteiger partial charge is 0.289 e. The lowest BCUT2D eigenvalue weighted by Gasteiger charge is -2.24. The molecule has 0 saturated carbocycles. The molecule has 10 heteroatoms. The first-order valence-corrected chi connectivity index (χ1v) is 11.1. The summed E-state index contributed by atoms with van der Waals surface area (Å²) in [6.45, 7) is -0.367. The third-order valence-electron chi connectivity index (χ3n) is 5.28. The number of ether oxygens (including phenoxy) is 2.